The van der Waals surface area contributed by atoms with E-state index >= 15 is 0 Å². The zero-order valence-corrected chi connectivity index (χ0v) is 10.2. The highest BCUT2D eigenvalue weighted by atomic mass is 15.4. The fourth-order valence-corrected chi connectivity index (χ4v) is 1.66. The van der Waals surface area contributed by atoms with Gasteiger partial charge in [-0.3, -0.25) is 5.01 Å². The first kappa shape index (κ1) is 11.4. The normalized spacial score (nSPS) is 16.6. The standard InChI is InChI=1S/C15H16N2/c1-12-7-6-9-14(11-12)17(3)16-15-10-5-4-8-13(15)2/h4-11H,2H2,1,3H3/b16-15-. The Kier molecular flexibility index (Phi) is 3.24. The SMILES string of the molecule is C=C1C=CC=C/C1=N/N(C)c1cccc(C)c1. The van der Waals surface area contributed by atoms with Crippen molar-refractivity contribution in [1.29, 1.82) is 0 Å². The van der Waals surface area contributed by atoms with Crippen LogP contribution in [0, 0.1) is 6.92 Å². The van der Waals surface area contributed by atoms with Crippen molar-refractivity contribution in [3.8, 4) is 0 Å². The van der Waals surface area contributed by atoms with Gasteiger partial charge in [0.2, 0.25) is 0 Å². The van der Waals surface area contributed by atoms with Crippen LogP contribution < -0.4 is 5.01 Å². The quantitative estimate of drug-likeness (QED) is 0.702. The minimum Gasteiger partial charge on any atom is -0.268 e. The molecule has 0 radical (unpaired) electrons. The topological polar surface area (TPSA) is 15.6 Å². The maximum atomic E-state index is 4.54. The summed E-state index contributed by atoms with van der Waals surface area (Å²) < 4.78 is 0. The van der Waals surface area contributed by atoms with Gasteiger partial charge in [0, 0.05) is 7.05 Å². The van der Waals surface area contributed by atoms with Gasteiger partial charge in [-0.25, -0.2) is 0 Å². The van der Waals surface area contributed by atoms with Crippen molar-refractivity contribution < 1.29 is 0 Å². The molecule has 2 nitrogen and oxygen atoms in total. The van der Waals surface area contributed by atoms with Crippen LogP contribution in [0.25, 0.3) is 0 Å². The molecule has 2 heteroatoms. The van der Waals surface area contributed by atoms with Gasteiger partial charge in [0.25, 0.3) is 0 Å². The summed E-state index contributed by atoms with van der Waals surface area (Å²) in [5.41, 5.74) is 4.14. The third-order valence-corrected chi connectivity index (χ3v) is 2.62. The van der Waals surface area contributed by atoms with Crippen molar-refractivity contribution in [3.05, 3.63) is 66.3 Å². The Balaban J connectivity index is 2.24. The Labute approximate surface area is 102 Å². The minimum absolute atomic E-state index is 0.900. The first-order valence-corrected chi connectivity index (χ1v) is 5.60. The van der Waals surface area contributed by atoms with E-state index in [0.717, 1.165) is 17.0 Å². The highest BCUT2D eigenvalue weighted by Crippen LogP contribution is 2.16. The summed E-state index contributed by atoms with van der Waals surface area (Å²) in [4.78, 5) is 0. The molecule has 0 saturated heterocycles. The van der Waals surface area contributed by atoms with Gasteiger partial charge in [0.15, 0.2) is 0 Å². The molecular formula is C15H16N2. The lowest BCUT2D eigenvalue weighted by atomic mass is 10.1. The number of benzene rings is 1. The first-order chi connectivity index (χ1) is 8.16. The molecule has 0 bridgehead atoms. The van der Waals surface area contributed by atoms with Crippen LogP contribution in [0.1, 0.15) is 5.56 Å². The number of hydrogen-bond donors (Lipinski definition) is 0. The molecule has 2 rings (SSSR count). The Bertz CT molecular complexity index is 521. The molecule has 0 fully saturated rings. The number of hydrogen-bond acceptors (Lipinski definition) is 2. The molecule has 0 unspecified atom stereocenters. The maximum absolute atomic E-state index is 4.54. The molecule has 17 heavy (non-hydrogen) atoms. The Morgan fingerprint density at radius 2 is 1.94 bits per heavy atom. The number of allylic oxidation sites excluding steroid dienone is 5. The van der Waals surface area contributed by atoms with Gasteiger partial charge in [0.05, 0.1) is 11.4 Å². The van der Waals surface area contributed by atoms with Gasteiger partial charge >= 0.3 is 0 Å². The monoisotopic (exact) mass is 224 g/mol. The molecule has 0 aliphatic heterocycles. The molecule has 0 aromatic heterocycles. The third-order valence-electron chi connectivity index (χ3n) is 2.62. The molecule has 0 N–H and O–H groups in total. The summed E-state index contributed by atoms with van der Waals surface area (Å²) in [5, 5.41) is 6.41. The smallest absolute Gasteiger partial charge is 0.0902 e. The van der Waals surface area contributed by atoms with Crippen molar-refractivity contribution in [3.63, 3.8) is 0 Å². The molecule has 0 amide bonds. The van der Waals surface area contributed by atoms with E-state index < -0.39 is 0 Å². The van der Waals surface area contributed by atoms with Crippen molar-refractivity contribution in [2.45, 2.75) is 6.92 Å². The zero-order chi connectivity index (χ0) is 12.3. The number of aryl methyl sites for hydroxylation is 1. The van der Waals surface area contributed by atoms with E-state index in [-0.39, 0.29) is 0 Å². The fraction of sp³-hybridized carbons (Fsp3) is 0.133. The summed E-state index contributed by atoms with van der Waals surface area (Å²) in [7, 11) is 1.95. The van der Waals surface area contributed by atoms with Crippen LogP contribution in [0.2, 0.25) is 0 Å². The molecule has 0 heterocycles. The zero-order valence-electron chi connectivity index (χ0n) is 10.2. The number of rotatable bonds is 2. The van der Waals surface area contributed by atoms with Crippen LogP contribution in [-0.2, 0) is 0 Å². The van der Waals surface area contributed by atoms with Gasteiger partial charge in [-0.05, 0) is 36.3 Å². The van der Waals surface area contributed by atoms with E-state index in [1.165, 1.54) is 5.56 Å². The predicted octanol–water partition coefficient (Wildman–Crippen LogP) is 3.47. The molecule has 86 valence electrons. The van der Waals surface area contributed by atoms with Crippen LogP contribution in [0.3, 0.4) is 0 Å². The van der Waals surface area contributed by atoms with Crippen LogP contribution in [0.5, 0.6) is 0 Å². The van der Waals surface area contributed by atoms with E-state index in [4.69, 9.17) is 0 Å². The second-order valence-electron chi connectivity index (χ2n) is 4.09. The molecule has 0 saturated carbocycles. The summed E-state index contributed by atoms with van der Waals surface area (Å²) in [6, 6.07) is 8.26. The third kappa shape index (κ3) is 2.72. The number of hydrazone groups is 1. The lowest BCUT2D eigenvalue weighted by Crippen LogP contribution is -2.13. The van der Waals surface area contributed by atoms with E-state index in [9.17, 15) is 0 Å². The second-order valence-corrected chi connectivity index (χ2v) is 4.09. The van der Waals surface area contributed by atoms with E-state index in [2.05, 4.69) is 30.7 Å². The van der Waals surface area contributed by atoms with Crippen LogP contribution in [-0.4, -0.2) is 12.8 Å². The van der Waals surface area contributed by atoms with Crippen LogP contribution >= 0.6 is 0 Å². The van der Waals surface area contributed by atoms with E-state index in [1.807, 2.05) is 48.5 Å². The average Bonchev–Trinajstić information content (AvgIpc) is 2.32. The number of anilines is 1. The second kappa shape index (κ2) is 4.83. The summed E-state index contributed by atoms with van der Waals surface area (Å²) in [6.07, 6.45) is 7.86. The minimum atomic E-state index is 0.900. The van der Waals surface area contributed by atoms with Gasteiger partial charge < -0.3 is 0 Å². The molecule has 0 atom stereocenters. The van der Waals surface area contributed by atoms with Crippen molar-refractivity contribution in [2.24, 2.45) is 5.10 Å². The molecule has 1 aromatic rings. The Morgan fingerprint density at radius 3 is 2.65 bits per heavy atom. The Morgan fingerprint density at radius 1 is 1.18 bits per heavy atom. The Hall–Kier alpha value is -2.09. The van der Waals surface area contributed by atoms with Gasteiger partial charge in [-0.1, -0.05) is 36.9 Å². The summed E-state index contributed by atoms with van der Waals surface area (Å²) >= 11 is 0. The largest absolute Gasteiger partial charge is 0.268 e. The first-order valence-electron chi connectivity index (χ1n) is 5.60. The van der Waals surface area contributed by atoms with Crippen LogP contribution in [0.15, 0.2) is 65.8 Å². The van der Waals surface area contributed by atoms with Gasteiger partial charge in [-0.2, -0.15) is 5.10 Å². The highest BCUT2D eigenvalue weighted by molar-refractivity contribution is 6.11. The fourth-order valence-electron chi connectivity index (χ4n) is 1.66. The van der Waals surface area contributed by atoms with E-state index in [0.29, 0.717) is 0 Å². The summed E-state index contributed by atoms with van der Waals surface area (Å²) in [5.74, 6) is 0. The van der Waals surface area contributed by atoms with Crippen molar-refractivity contribution in [2.75, 3.05) is 12.1 Å². The lowest BCUT2D eigenvalue weighted by molar-refractivity contribution is 1.02. The molecule has 0 spiro atoms. The van der Waals surface area contributed by atoms with E-state index in [1.54, 1.807) is 0 Å². The maximum Gasteiger partial charge on any atom is 0.0902 e. The molecule has 1 aliphatic carbocycles. The average molecular weight is 224 g/mol. The predicted molar refractivity (Wildman–Crippen MR) is 74.4 cm³/mol. The van der Waals surface area contributed by atoms with Crippen LogP contribution in [0.4, 0.5) is 5.69 Å². The van der Waals surface area contributed by atoms with Crippen molar-refractivity contribution in [1.82, 2.24) is 0 Å². The van der Waals surface area contributed by atoms with Gasteiger partial charge in [0.1, 0.15) is 0 Å². The number of nitrogens with zero attached hydrogens (tertiary/aromatic N) is 2. The van der Waals surface area contributed by atoms with Gasteiger partial charge in [-0.15, -0.1) is 0 Å². The molecular weight excluding hydrogens is 208 g/mol. The molecule has 1 aromatic carbocycles. The summed E-state index contributed by atoms with van der Waals surface area (Å²) in [6.45, 7) is 6.04. The molecule has 1 aliphatic rings. The highest BCUT2D eigenvalue weighted by Gasteiger charge is 2.04. The lowest BCUT2D eigenvalue weighted by Gasteiger charge is -2.16. The van der Waals surface area contributed by atoms with Crippen molar-refractivity contribution >= 4 is 11.4 Å².